The number of amides is 1. The Hall–Kier alpha value is -1.64. The molecule has 0 saturated carbocycles. The van der Waals surface area contributed by atoms with Crippen LogP contribution in [0.3, 0.4) is 0 Å². The van der Waals surface area contributed by atoms with Gasteiger partial charge in [-0.2, -0.15) is 13.2 Å². The van der Waals surface area contributed by atoms with Gasteiger partial charge in [0.05, 0.1) is 0 Å². The van der Waals surface area contributed by atoms with Gasteiger partial charge in [-0.05, 0) is 6.07 Å². The molecule has 5 nitrogen and oxygen atoms in total. The van der Waals surface area contributed by atoms with E-state index < -0.39 is 11.9 Å². The number of rotatable bonds is 2. The molecule has 0 bridgehead atoms. The first-order chi connectivity index (χ1) is 9.27. The summed E-state index contributed by atoms with van der Waals surface area (Å²) < 4.78 is 37.7. The van der Waals surface area contributed by atoms with E-state index in [0.29, 0.717) is 0 Å². The predicted molar refractivity (Wildman–Crippen MR) is 66.1 cm³/mol. The van der Waals surface area contributed by atoms with Gasteiger partial charge in [-0.25, -0.2) is 9.97 Å². The number of thioether (sulfide) groups is 1. The van der Waals surface area contributed by atoms with Crippen LogP contribution in [-0.2, 0) is 15.8 Å². The normalized spacial score (nSPS) is 19.5. The van der Waals surface area contributed by atoms with Crippen molar-refractivity contribution in [2.45, 2.75) is 24.8 Å². The average molecular weight is 305 g/mol. The standard InChI is InChI=1S/C11H10F3N3O2S/c1-6(18)20-7-4-9(19)17(5-7)10-15-3-2-8(16-10)11(12,13)14/h2-3,7H,4-5H2,1H3. The first kappa shape index (κ1) is 14.8. The lowest BCUT2D eigenvalue weighted by atomic mass is 10.4. The number of aromatic nitrogens is 2. The number of halogens is 3. The highest BCUT2D eigenvalue weighted by Crippen LogP contribution is 2.30. The minimum Gasteiger partial charge on any atom is -0.288 e. The van der Waals surface area contributed by atoms with Gasteiger partial charge >= 0.3 is 6.18 Å². The lowest BCUT2D eigenvalue weighted by Gasteiger charge is -2.15. The number of alkyl halides is 3. The molecule has 1 aromatic heterocycles. The van der Waals surface area contributed by atoms with Gasteiger partial charge in [0.2, 0.25) is 11.9 Å². The molecule has 1 amide bonds. The summed E-state index contributed by atoms with van der Waals surface area (Å²) in [6.07, 6.45) is -3.54. The van der Waals surface area contributed by atoms with Crippen LogP contribution >= 0.6 is 11.8 Å². The fourth-order valence-electron chi connectivity index (χ4n) is 1.82. The maximum absolute atomic E-state index is 12.6. The third-order valence-corrected chi connectivity index (χ3v) is 3.58. The summed E-state index contributed by atoms with van der Waals surface area (Å²) >= 11 is 0.995. The summed E-state index contributed by atoms with van der Waals surface area (Å²) in [5, 5.41) is -0.423. The lowest BCUT2D eigenvalue weighted by molar-refractivity contribution is -0.141. The predicted octanol–water partition coefficient (Wildman–Crippen LogP) is 1.88. The molecule has 0 aliphatic carbocycles. The third-order valence-electron chi connectivity index (χ3n) is 2.60. The molecule has 1 fully saturated rings. The highest BCUT2D eigenvalue weighted by atomic mass is 32.2. The van der Waals surface area contributed by atoms with E-state index in [1.54, 1.807) is 0 Å². The van der Waals surface area contributed by atoms with E-state index in [1.807, 2.05) is 0 Å². The second kappa shape index (κ2) is 5.39. The van der Waals surface area contributed by atoms with Crippen molar-refractivity contribution < 1.29 is 22.8 Å². The van der Waals surface area contributed by atoms with Gasteiger partial charge in [0.1, 0.15) is 5.69 Å². The number of carbonyl (C=O) groups excluding carboxylic acids is 2. The van der Waals surface area contributed by atoms with Crippen molar-refractivity contribution in [1.29, 1.82) is 0 Å². The SMILES string of the molecule is CC(=O)SC1CC(=O)N(c2nccc(C(F)(F)F)n2)C1. The molecule has 2 rings (SSSR count). The molecule has 0 N–H and O–H groups in total. The van der Waals surface area contributed by atoms with Crippen molar-refractivity contribution in [2.24, 2.45) is 0 Å². The lowest BCUT2D eigenvalue weighted by Crippen LogP contribution is -2.28. The van der Waals surface area contributed by atoms with Crippen LogP contribution in [0.1, 0.15) is 19.0 Å². The molecule has 9 heteroatoms. The van der Waals surface area contributed by atoms with Crippen LogP contribution in [0.4, 0.5) is 19.1 Å². The van der Waals surface area contributed by atoms with Gasteiger partial charge in [-0.1, -0.05) is 11.8 Å². The average Bonchev–Trinajstić information content (AvgIpc) is 2.68. The molecule has 1 unspecified atom stereocenters. The van der Waals surface area contributed by atoms with Crippen LogP contribution in [-0.4, -0.2) is 32.8 Å². The van der Waals surface area contributed by atoms with E-state index >= 15 is 0 Å². The van der Waals surface area contributed by atoms with Crippen LogP contribution < -0.4 is 4.90 Å². The first-order valence-corrected chi connectivity index (χ1v) is 6.53. The molecule has 0 aromatic carbocycles. The Morgan fingerprint density at radius 2 is 2.20 bits per heavy atom. The molecule has 1 saturated heterocycles. The highest BCUT2D eigenvalue weighted by Gasteiger charge is 2.36. The third kappa shape index (κ3) is 3.27. The zero-order valence-electron chi connectivity index (χ0n) is 10.3. The topological polar surface area (TPSA) is 63.2 Å². The summed E-state index contributed by atoms with van der Waals surface area (Å²) in [5.41, 5.74) is -1.10. The fourth-order valence-corrected chi connectivity index (χ4v) is 2.74. The van der Waals surface area contributed by atoms with Gasteiger partial charge in [0.15, 0.2) is 5.12 Å². The zero-order chi connectivity index (χ0) is 14.9. The minimum atomic E-state index is -4.59. The molecule has 2 heterocycles. The number of anilines is 1. The van der Waals surface area contributed by atoms with Crippen LogP contribution in [0.2, 0.25) is 0 Å². The Morgan fingerprint density at radius 3 is 2.80 bits per heavy atom. The summed E-state index contributed by atoms with van der Waals surface area (Å²) in [6.45, 7) is 1.50. The van der Waals surface area contributed by atoms with Gasteiger partial charge in [0.25, 0.3) is 0 Å². The number of hydrogen-bond donors (Lipinski definition) is 0. The van der Waals surface area contributed by atoms with Crippen molar-refractivity contribution in [3.63, 3.8) is 0 Å². The van der Waals surface area contributed by atoms with Gasteiger partial charge in [-0.15, -0.1) is 0 Å². The van der Waals surface area contributed by atoms with Crippen LogP contribution in [0, 0.1) is 0 Å². The number of nitrogens with zero attached hydrogens (tertiary/aromatic N) is 3. The Labute approximate surface area is 116 Å². The van der Waals surface area contributed by atoms with E-state index in [9.17, 15) is 22.8 Å². The zero-order valence-corrected chi connectivity index (χ0v) is 11.2. The molecular weight excluding hydrogens is 295 g/mol. The molecule has 20 heavy (non-hydrogen) atoms. The summed E-state index contributed by atoms with van der Waals surface area (Å²) in [5.74, 6) is -0.667. The smallest absolute Gasteiger partial charge is 0.288 e. The fraction of sp³-hybridized carbons (Fsp3) is 0.455. The first-order valence-electron chi connectivity index (χ1n) is 5.65. The Morgan fingerprint density at radius 1 is 1.50 bits per heavy atom. The second-order valence-electron chi connectivity index (χ2n) is 4.18. The van der Waals surface area contributed by atoms with E-state index in [1.165, 1.54) is 6.92 Å². The highest BCUT2D eigenvalue weighted by molar-refractivity contribution is 8.14. The van der Waals surface area contributed by atoms with Crippen molar-refractivity contribution in [3.8, 4) is 0 Å². The molecule has 0 spiro atoms. The van der Waals surface area contributed by atoms with E-state index in [0.717, 1.165) is 28.9 Å². The summed E-state index contributed by atoms with van der Waals surface area (Å²) in [7, 11) is 0. The summed E-state index contributed by atoms with van der Waals surface area (Å²) in [6, 6.07) is 0.742. The molecule has 1 aliphatic heterocycles. The Balaban J connectivity index is 2.20. The van der Waals surface area contributed by atoms with E-state index in [2.05, 4.69) is 9.97 Å². The van der Waals surface area contributed by atoms with Crippen molar-refractivity contribution in [3.05, 3.63) is 18.0 Å². The van der Waals surface area contributed by atoms with Gasteiger partial charge in [0, 0.05) is 31.3 Å². The molecule has 0 radical (unpaired) electrons. The van der Waals surface area contributed by atoms with Crippen LogP contribution in [0.25, 0.3) is 0 Å². The molecule has 1 aliphatic rings. The Kier molecular flexibility index (Phi) is 3.98. The maximum Gasteiger partial charge on any atom is 0.433 e. The number of carbonyl (C=O) groups is 2. The van der Waals surface area contributed by atoms with Crippen molar-refractivity contribution in [2.75, 3.05) is 11.4 Å². The van der Waals surface area contributed by atoms with Crippen LogP contribution in [0.15, 0.2) is 12.3 Å². The van der Waals surface area contributed by atoms with E-state index in [-0.39, 0.29) is 35.2 Å². The minimum absolute atomic E-state index is 0.0872. The van der Waals surface area contributed by atoms with Crippen molar-refractivity contribution in [1.82, 2.24) is 9.97 Å². The van der Waals surface area contributed by atoms with Gasteiger partial charge in [-0.3, -0.25) is 14.5 Å². The Bertz CT molecular complexity index is 550. The monoisotopic (exact) mass is 305 g/mol. The summed E-state index contributed by atoms with van der Waals surface area (Å²) in [4.78, 5) is 30.9. The molecular formula is C11H10F3N3O2S. The second-order valence-corrected chi connectivity index (χ2v) is 5.66. The number of hydrogen-bond acceptors (Lipinski definition) is 5. The quantitative estimate of drug-likeness (QED) is 0.835. The molecule has 108 valence electrons. The van der Waals surface area contributed by atoms with E-state index in [4.69, 9.17) is 0 Å². The maximum atomic E-state index is 12.6. The van der Waals surface area contributed by atoms with Crippen LogP contribution in [0.5, 0.6) is 0 Å². The van der Waals surface area contributed by atoms with Crippen molar-refractivity contribution >= 4 is 28.7 Å². The van der Waals surface area contributed by atoms with Gasteiger partial charge < -0.3 is 0 Å². The largest absolute Gasteiger partial charge is 0.433 e. The molecule has 1 atom stereocenters. The molecule has 1 aromatic rings.